The lowest BCUT2D eigenvalue weighted by Crippen LogP contribution is -2.50. The highest BCUT2D eigenvalue weighted by Gasteiger charge is 2.43. The maximum absolute atomic E-state index is 6.16. The van der Waals surface area contributed by atoms with Crippen LogP contribution in [0.1, 0.15) is 51.1 Å². The summed E-state index contributed by atoms with van der Waals surface area (Å²) in [6.45, 7) is 6.99. The molecule has 114 valence electrons. The normalized spacial score (nSPS) is 34.3. The second-order valence-electron chi connectivity index (χ2n) is 7.40. The summed E-state index contributed by atoms with van der Waals surface area (Å²) in [4.78, 5) is 2.68. The van der Waals surface area contributed by atoms with Gasteiger partial charge in [-0.05, 0) is 58.7 Å². The zero-order chi connectivity index (χ0) is 14.4. The average Bonchev–Trinajstić information content (AvgIpc) is 3.01. The number of hydrogen-bond donors (Lipinski definition) is 1. The van der Waals surface area contributed by atoms with E-state index in [0.29, 0.717) is 12.1 Å². The molecule has 0 saturated carbocycles. The highest BCUT2D eigenvalue weighted by molar-refractivity contribution is 5.42. The molecule has 1 aromatic carbocycles. The van der Waals surface area contributed by atoms with E-state index in [9.17, 15) is 0 Å². The van der Waals surface area contributed by atoms with Crippen molar-refractivity contribution in [2.24, 2.45) is 0 Å². The smallest absolute Gasteiger partial charge is 0.125 e. The highest BCUT2D eigenvalue weighted by Crippen LogP contribution is 2.43. The van der Waals surface area contributed by atoms with E-state index in [2.05, 4.69) is 48.3 Å². The van der Waals surface area contributed by atoms with Crippen LogP contribution >= 0.6 is 0 Å². The summed E-state index contributed by atoms with van der Waals surface area (Å²) in [6, 6.07) is 10.3. The van der Waals surface area contributed by atoms with Gasteiger partial charge < -0.3 is 15.0 Å². The monoisotopic (exact) mass is 286 g/mol. The van der Waals surface area contributed by atoms with Crippen LogP contribution in [0.25, 0.3) is 0 Å². The molecule has 3 atom stereocenters. The molecular weight excluding hydrogens is 260 g/mol. The Balaban J connectivity index is 1.51. The van der Waals surface area contributed by atoms with Gasteiger partial charge in [-0.3, -0.25) is 0 Å². The summed E-state index contributed by atoms with van der Waals surface area (Å²) in [6.07, 6.45) is 5.34. The molecule has 2 fully saturated rings. The lowest BCUT2D eigenvalue weighted by atomic mass is 9.90. The van der Waals surface area contributed by atoms with E-state index >= 15 is 0 Å². The fourth-order valence-electron chi connectivity index (χ4n) is 4.43. The summed E-state index contributed by atoms with van der Waals surface area (Å²) < 4.78 is 6.16. The molecule has 1 N–H and O–H groups in total. The number of para-hydroxylation sites is 1. The van der Waals surface area contributed by atoms with Crippen LogP contribution in [0.15, 0.2) is 24.3 Å². The Hall–Kier alpha value is -1.06. The number of fused-ring (bicyclic) bond motifs is 2. The van der Waals surface area contributed by atoms with Crippen LogP contribution in [-0.4, -0.2) is 35.7 Å². The van der Waals surface area contributed by atoms with Crippen LogP contribution in [0.5, 0.6) is 5.75 Å². The molecule has 0 bridgehead atoms. The lowest BCUT2D eigenvalue weighted by Gasteiger charge is -2.38. The van der Waals surface area contributed by atoms with Gasteiger partial charge in [-0.25, -0.2) is 0 Å². The van der Waals surface area contributed by atoms with Gasteiger partial charge in [0.05, 0.1) is 6.04 Å². The molecule has 0 amide bonds. The fourth-order valence-corrected chi connectivity index (χ4v) is 4.43. The molecule has 3 aliphatic rings. The molecule has 0 spiro atoms. The first-order valence-electron chi connectivity index (χ1n) is 8.41. The predicted molar refractivity (Wildman–Crippen MR) is 84.6 cm³/mol. The number of piperidine rings is 1. The van der Waals surface area contributed by atoms with Gasteiger partial charge in [0.15, 0.2) is 0 Å². The number of hydrogen-bond acceptors (Lipinski definition) is 3. The number of nitrogens with zero attached hydrogens (tertiary/aromatic N) is 1. The molecular formula is C18H26N2O. The molecule has 0 aliphatic carbocycles. The summed E-state index contributed by atoms with van der Waals surface area (Å²) in [5.41, 5.74) is 1.17. The lowest BCUT2D eigenvalue weighted by molar-refractivity contribution is 0.0785. The van der Waals surface area contributed by atoms with Gasteiger partial charge in [-0.15, -0.1) is 0 Å². The van der Waals surface area contributed by atoms with Crippen molar-refractivity contribution in [3.8, 4) is 5.75 Å². The largest absolute Gasteiger partial charge is 0.486 e. The Labute approximate surface area is 127 Å². The van der Waals surface area contributed by atoms with Crippen LogP contribution in [0.3, 0.4) is 0 Å². The van der Waals surface area contributed by atoms with Crippen molar-refractivity contribution in [2.45, 2.75) is 63.3 Å². The minimum absolute atomic E-state index is 0.156. The molecule has 0 radical (unpaired) electrons. The Bertz CT molecular complexity index is 528. The standard InChI is InChI=1S/C18H26N2O/c1-18(2)17(15-7-3-4-8-16(15)21-18)19-13-9-11-20-10-5-6-14(20)12-13/h3-4,7-8,13-14,17,19H,5-6,9-12H2,1-2H3. The van der Waals surface area contributed by atoms with Crippen molar-refractivity contribution in [1.82, 2.24) is 10.2 Å². The maximum Gasteiger partial charge on any atom is 0.125 e. The van der Waals surface area contributed by atoms with Crippen LogP contribution < -0.4 is 10.1 Å². The molecule has 4 rings (SSSR count). The van der Waals surface area contributed by atoms with Gasteiger partial charge in [0.2, 0.25) is 0 Å². The van der Waals surface area contributed by atoms with Gasteiger partial charge in [0, 0.05) is 17.6 Å². The number of benzene rings is 1. The number of rotatable bonds is 2. The van der Waals surface area contributed by atoms with Crippen LogP contribution in [0, 0.1) is 0 Å². The van der Waals surface area contributed by atoms with Gasteiger partial charge >= 0.3 is 0 Å². The third kappa shape index (κ3) is 2.36. The quantitative estimate of drug-likeness (QED) is 0.904. The van der Waals surface area contributed by atoms with Crippen molar-refractivity contribution in [2.75, 3.05) is 13.1 Å². The van der Waals surface area contributed by atoms with E-state index in [0.717, 1.165) is 11.8 Å². The van der Waals surface area contributed by atoms with Crippen LogP contribution in [0.4, 0.5) is 0 Å². The summed E-state index contributed by atoms with van der Waals surface area (Å²) >= 11 is 0. The van der Waals surface area contributed by atoms with Crippen molar-refractivity contribution in [3.63, 3.8) is 0 Å². The molecule has 3 aliphatic heterocycles. The fraction of sp³-hybridized carbons (Fsp3) is 0.667. The topological polar surface area (TPSA) is 24.5 Å². The molecule has 1 aromatic rings. The molecule has 3 heterocycles. The summed E-state index contributed by atoms with van der Waals surface area (Å²) in [7, 11) is 0. The number of ether oxygens (including phenoxy) is 1. The maximum atomic E-state index is 6.16. The number of nitrogens with one attached hydrogen (secondary N) is 1. The SMILES string of the molecule is CC1(C)Oc2ccccc2C1NC1CCN2CCCC2C1. The molecule has 3 heteroatoms. The average molecular weight is 286 g/mol. The van der Waals surface area contributed by atoms with Gasteiger partial charge in [-0.1, -0.05) is 18.2 Å². The third-order valence-corrected chi connectivity index (χ3v) is 5.52. The van der Waals surface area contributed by atoms with Gasteiger partial charge in [0.25, 0.3) is 0 Å². The Morgan fingerprint density at radius 1 is 1.19 bits per heavy atom. The Morgan fingerprint density at radius 3 is 2.95 bits per heavy atom. The first-order chi connectivity index (χ1) is 10.1. The second kappa shape index (κ2) is 4.99. The van der Waals surface area contributed by atoms with E-state index in [4.69, 9.17) is 4.74 Å². The molecule has 3 nitrogen and oxygen atoms in total. The van der Waals surface area contributed by atoms with E-state index in [1.165, 1.54) is 44.3 Å². The first kappa shape index (κ1) is 13.6. The van der Waals surface area contributed by atoms with Gasteiger partial charge in [-0.2, -0.15) is 0 Å². The molecule has 2 saturated heterocycles. The minimum Gasteiger partial charge on any atom is -0.486 e. The van der Waals surface area contributed by atoms with Crippen LogP contribution in [0.2, 0.25) is 0 Å². The molecule has 3 unspecified atom stereocenters. The van der Waals surface area contributed by atoms with Crippen LogP contribution in [-0.2, 0) is 0 Å². The third-order valence-electron chi connectivity index (χ3n) is 5.52. The zero-order valence-corrected chi connectivity index (χ0v) is 13.1. The Morgan fingerprint density at radius 2 is 2.05 bits per heavy atom. The summed E-state index contributed by atoms with van der Waals surface area (Å²) in [5.74, 6) is 1.05. The molecule has 21 heavy (non-hydrogen) atoms. The van der Waals surface area contributed by atoms with E-state index in [1.807, 2.05) is 0 Å². The van der Waals surface area contributed by atoms with Crippen molar-refractivity contribution < 1.29 is 4.74 Å². The zero-order valence-electron chi connectivity index (χ0n) is 13.1. The second-order valence-corrected chi connectivity index (χ2v) is 7.40. The molecule has 0 aromatic heterocycles. The summed E-state index contributed by atoms with van der Waals surface area (Å²) in [5, 5.41) is 3.93. The van der Waals surface area contributed by atoms with E-state index in [1.54, 1.807) is 0 Å². The Kier molecular flexibility index (Phi) is 3.23. The minimum atomic E-state index is -0.156. The van der Waals surface area contributed by atoms with E-state index in [-0.39, 0.29) is 5.60 Å². The highest BCUT2D eigenvalue weighted by atomic mass is 16.5. The van der Waals surface area contributed by atoms with Gasteiger partial charge in [0.1, 0.15) is 11.4 Å². The van der Waals surface area contributed by atoms with Crippen molar-refractivity contribution >= 4 is 0 Å². The first-order valence-corrected chi connectivity index (χ1v) is 8.41. The van der Waals surface area contributed by atoms with E-state index < -0.39 is 0 Å². The predicted octanol–water partition coefficient (Wildman–Crippen LogP) is 3.12. The van der Waals surface area contributed by atoms with Crippen molar-refractivity contribution in [3.05, 3.63) is 29.8 Å². The van der Waals surface area contributed by atoms with Crippen molar-refractivity contribution in [1.29, 1.82) is 0 Å².